The van der Waals surface area contributed by atoms with Gasteiger partial charge < -0.3 is 21.2 Å². The molecule has 29 heavy (non-hydrogen) atoms. The van der Waals surface area contributed by atoms with E-state index in [1.807, 2.05) is 11.8 Å². The first-order valence-corrected chi connectivity index (χ1v) is 9.60. The number of anilines is 1. The zero-order valence-corrected chi connectivity index (χ0v) is 16.4. The Morgan fingerprint density at radius 3 is 2.72 bits per heavy atom. The van der Waals surface area contributed by atoms with Crippen LogP contribution in [-0.4, -0.2) is 40.1 Å². The zero-order chi connectivity index (χ0) is 21.1. The standard InChI is InChI=1S/C19H24FN5O4/c1-10-14-12(16(26)25(21)18(29)24(14)11-3-4-11)7-13(20)15(10)23-6-5-19(2,9-23)8-22-17(27)28/h7,11,22H,3-6,8-9,21H2,1-2H3,(H,27,28). The van der Waals surface area contributed by atoms with E-state index in [-0.39, 0.29) is 23.4 Å². The molecule has 0 bridgehead atoms. The number of carboxylic acid groups (broad SMARTS) is 1. The second kappa shape index (κ2) is 6.50. The highest BCUT2D eigenvalue weighted by Gasteiger charge is 2.37. The smallest absolute Gasteiger partial charge is 0.404 e. The first-order chi connectivity index (χ1) is 13.6. The predicted molar refractivity (Wildman–Crippen MR) is 107 cm³/mol. The van der Waals surface area contributed by atoms with E-state index in [1.165, 1.54) is 4.57 Å². The molecule has 10 heteroatoms. The number of aryl methyl sites for hydroxylation is 1. The highest BCUT2D eigenvalue weighted by molar-refractivity contribution is 5.87. The molecule has 156 valence electrons. The summed E-state index contributed by atoms with van der Waals surface area (Å²) in [5.41, 5.74) is -0.354. The predicted octanol–water partition coefficient (Wildman–Crippen LogP) is 1.14. The van der Waals surface area contributed by atoms with Gasteiger partial charge in [0.05, 0.1) is 16.6 Å². The summed E-state index contributed by atoms with van der Waals surface area (Å²) in [7, 11) is 0. The number of hydrogen-bond donors (Lipinski definition) is 3. The highest BCUT2D eigenvalue weighted by Crippen LogP contribution is 2.40. The number of hydrogen-bond acceptors (Lipinski definition) is 5. The third kappa shape index (κ3) is 3.12. The molecule has 4 rings (SSSR count). The number of nitrogens with zero attached hydrogens (tertiary/aromatic N) is 3. The third-order valence-corrected chi connectivity index (χ3v) is 6.02. The van der Waals surface area contributed by atoms with Crippen LogP contribution in [0.3, 0.4) is 0 Å². The molecule has 4 N–H and O–H groups in total. The topological polar surface area (TPSA) is 123 Å². The maximum absolute atomic E-state index is 15.1. The molecule has 2 aromatic rings. The summed E-state index contributed by atoms with van der Waals surface area (Å²) in [5, 5.41) is 11.4. The minimum absolute atomic E-state index is 0.0407. The van der Waals surface area contributed by atoms with Crippen LogP contribution >= 0.6 is 0 Å². The molecule has 1 unspecified atom stereocenters. The van der Waals surface area contributed by atoms with Crippen molar-refractivity contribution >= 4 is 22.7 Å². The molecule has 1 aromatic heterocycles. The first kappa shape index (κ1) is 19.3. The first-order valence-electron chi connectivity index (χ1n) is 9.60. The van der Waals surface area contributed by atoms with Gasteiger partial charge in [0, 0.05) is 36.7 Å². The van der Waals surface area contributed by atoms with E-state index in [2.05, 4.69) is 5.32 Å². The molecule has 2 aliphatic rings. The summed E-state index contributed by atoms with van der Waals surface area (Å²) < 4.78 is 17.2. The summed E-state index contributed by atoms with van der Waals surface area (Å²) in [4.78, 5) is 37.9. The highest BCUT2D eigenvalue weighted by atomic mass is 19.1. The van der Waals surface area contributed by atoms with Crippen LogP contribution in [0.4, 0.5) is 14.9 Å². The Balaban J connectivity index is 1.84. The van der Waals surface area contributed by atoms with Crippen LogP contribution in [0.2, 0.25) is 0 Å². The van der Waals surface area contributed by atoms with E-state index in [9.17, 15) is 14.4 Å². The average molecular weight is 405 g/mol. The van der Waals surface area contributed by atoms with Gasteiger partial charge in [-0.2, -0.15) is 4.68 Å². The summed E-state index contributed by atoms with van der Waals surface area (Å²) in [6, 6.07) is 1.12. The van der Waals surface area contributed by atoms with Crippen LogP contribution in [0.15, 0.2) is 15.7 Å². The maximum Gasteiger partial charge on any atom is 0.404 e. The lowest BCUT2D eigenvalue weighted by atomic mass is 9.90. The molecule has 1 aliphatic carbocycles. The third-order valence-electron chi connectivity index (χ3n) is 6.02. The molecule has 2 fully saturated rings. The van der Waals surface area contributed by atoms with Gasteiger partial charge in [-0.25, -0.2) is 14.0 Å². The van der Waals surface area contributed by atoms with Crippen LogP contribution in [0.25, 0.3) is 10.9 Å². The fourth-order valence-corrected chi connectivity index (χ4v) is 4.37. The number of rotatable bonds is 4. The second-order valence-corrected chi connectivity index (χ2v) is 8.43. The molecule has 1 aliphatic heterocycles. The Hall–Kier alpha value is -3.04. The number of nitrogens with two attached hydrogens (primary N) is 1. The Kier molecular flexibility index (Phi) is 4.32. The molecule has 1 saturated carbocycles. The molecule has 1 amide bonds. The van der Waals surface area contributed by atoms with Gasteiger partial charge in [0.2, 0.25) is 0 Å². The fraction of sp³-hybridized carbons (Fsp3) is 0.526. The van der Waals surface area contributed by atoms with Gasteiger partial charge in [0.1, 0.15) is 5.82 Å². The van der Waals surface area contributed by atoms with Crippen molar-refractivity contribution in [1.82, 2.24) is 14.6 Å². The number of halogens is 1. The van der Waals surface area contributed by atoms with E-state index < -0.39 is 23.2 Å². The van der Waals surface area contributed by atoms with E-state index >= 15 is 4.39 Å². The molecule has 0 radical (unpaired) electrons. The monoisotopic (exact) mass is 405 g/mol. The molecule has 1 saturated heterocycles. The van der Waals surface area contributed by atoms with Crippen LogP contribution in [-0.2, 0) is 0 Å². The van der Waals surface area contributed by atoms with Crippen molar-refractivity contribution in [1.29, 1.82) is 0 Å². The summed E-state index contributed by atoms with van der Waals surface area (Å²) in [6.45, 7) is 4.92. The van der Waals surface area contributed by atoms with Gasteiger partial charge >= 0.3 is 11.8 Å². The number of carbonyl (C=O) groups is 1. The number of fused-ring (bicyclic) bond motifs is 1. The molecule has 1 aromatic carbocycles. The van der Waals surface area contributed by atoms with Gasteiger partial charge in [0.25, 0.3) is 5.56 Å². The maximum atomic E-state index is 15.1. The fourth-order valence-electron chi connectivity index (χ4n) is 4.37. The minimum atomic E-state index is -1.09. The van der Waals surface area contributed by atoms with Gasteiger partial charge in [-0.3, -0.25) is 9.36 Å². The lowest BCUT2D eigenvalue weighted by Crippen LogP contribution is -2.44. The van der Waals surface area contributed by atoms with Crippen molar-refractivity contribution in [2.45, 2.75) is 39.2 Å². The normalized spacial score (nSPS) is 21.7. The lowest BCUT2D eigenvalue weighted by molar-refractivity contribution is 0.188. The number of nitrogens with one attached hydrogen (secondary N) is 1. The quantitative estimate of drug-likeness (QED) is 0.656. The van der Waals surface area contributed by atoms with Gasteiger partial charge in [0.15, 0.2) is 0 Å². The van der Waals surface area contributed by atoms with Crippen molar-refractivity contribution in [2.24, 2.45) is 5.41 Å². The van der Waals surface area contributed by atoms with Crippen molar-refractivity contribution < 1.29 is 14.3 Å². The van der Waals surface area contributed by atoms with Crippen LogP contribution < -0.4 is 27.3 Å². The van der Waals surface area contributed by atoms with Crippen molar-refractivity contribution in [3.05, 3.63) is 38.3 Å². The van der Waals surface area contributed by atoms with Crippen LogP contribution in [0.1, 0.15) is 37.8 Å². The van der Waals surface area contributed by atoms with E-state index in [0.29, 0.717) is 41.0 Å². The summed E-state index contributed by atoms with van der Waals surface area (Å²) in [6.07, 6.45) is 1.21. The van der Waals surface area contributed by atoms with Crippen molar-refractivity contribution in [2.75, 3.05) is 30.4 Å². The molecule has 2 heterocycles. The number of amides is 1. The summed E-state index contributed by atoms with van der Waals surface area (Å²) in [5.74, 6) is 5.10. The summed E-state index contributed by atoms with van der Waals surface area (Å²) >= 11 is 0. The molecule has 1 atom stereocenters. The Morgan fingerprint density at radius 1 is 1.41 bits per heavy atom. The molecular formula is C19H24FN5O4. The number of benzene rings is 1. The van der Waals surface area contributed by atoms with E-state index in [0.717, 1.165) is 18.9 Å². The van der Waals surface area contributed by atoms with Crippen LogP contribution in [0, 0.1) is 18.2 Å². The lowest BCUT2D eigenvalue weighted by Gasteiger charge is -2.27. The number of aromatic nitrogens is 2. The van der Waals surface area contributed by atoms with Crippen LogP contribution in [0.5, 0.6) is 0 Å². The molecule has 0 spiro atoms. The Labute approximate surface area is 165 Å². The molecular weight excluding hydrogens is 381 g/mol. The van der Waals surface area contributed by atoms with Gasteiger partial charge in [-0.15, -0.1) is 0 Å². The van der Waals surface area contributed by atoms with E-state index in [1.54, 1.807) is 6.92 Å². The largest absolute Gasteiger partial charge is 0.465 e. The van der Waals surface area contributed by atoms with Gasteiger partial charge in [-0.05, 0) is 32.3 Å². The zero-order valence-electron chi connectivity index (χ0n) is 16.4. The Morgan fingerprint density at radius 2 is 2.10 bits per heavy atom. The minimum Gasteiger partial charge on any atom is -0.465 e. The van der Waals surface area contributed by atoms with Crippen molar-refractivity contribution in [3.8, 4) is 0 Å². The SMILES string of the molecule is Cc1c(N2CCC(C)(CNC(=O)O)C2)c(F)cc2c(=O)n(N)c(=O)n(C3CC3)c12. The second-order valence-electron chi connectivity index (χ2n) is 8.43. The van der Waals surface area contributed by atoms with Crippen molar-refractivity contribution in [3.63, 3.8) is 0 Å². The average Bonchev–Trinajstić information content (AvgIpc) is 3.42. The molecule has 9 nitrogen and oxygen atoms in total. The van der Waals surface area contributed by atoms with E-state index in [4.69, 9.17) is 10.9 Å². The Bertz CT molecular complexity index is 1140. The van der Waals surface area contributed by atoms with Gasteiger partial charge in [-0.1, -0.05) is 6.92 Å². The number of nitrogen functional groups attached to an aromatic ring is 1.